The molecule has 1 aromatic carbocycles. The summed E-state index contributed by atoms with van der Waals surface area (Å²) in [7, 11) is -3.69. The summed E-state index contributed by atoms with van der Waals surface area (Å²) in [6.45, 7) is 3.88. The Kier molecular flexibility index (Phi) is 5.43. The number of nitrogens with zero attached hydrogens (tertiary/aromatic N) is 1. The summed E-state index contributed by atoms with van der Waals surface area (Å²) < 4.78 is 22.4. The van der Waals surface area contributed by atoms with Crippen molar-refractivity contribution in [3.8, 4) is 0 Å². The molecule has 1 heterocycles. The Balaban J connectivity index is 1.97. The number of hydrogen-bond acceptors (Lipinski definition) is 6. The average molecular weight is 348 g/mol. The van der Waals surface area contributed by atoms with Crippen LogP contribution in [0.2, 0.25) is 0 Å². The molecule has 120 valence electrons. The Morgan fingerprint density at radius 2 is 1.91 bits per heavy atom. The van der Waals surface area contributed by atoms with E-state index >= 15 is 0 Å². The van der Waals surface area contributed by atoms with Gasteiger partial charge in [-0.15, -0.1) is 0 Å². The lowest BCUT2D eigenvalue weighted by Crippen LogP contribution is -2.11. The van der Waals surface area contributed by atoms with Crippen molar-refractivity contribution in [2.45, 2.75) is 4.90 Å². The summed E-state index contributed by atoms with van der Waals surface area (Å²) in [6, 6.07) is 11.5. The number of nitrogens with one attached hydrogen (secondary N) is 1. The van der Waals surface area contributed by atoms with Crippen LogP contribution < -0.4 is 16.2 Å². The minimum absolute atomic E-state index is 0.0561. The van der Waals surface area contributed by atoms with Crippen LogP contribution in [0.25, 0.3) is 5.70 Å². The van der Waals surface area contributed by atoms with Crippen molar-refractivity contribution in [2.24, 2.45) is 10.9 Å². The number of rotatable bonds is 6. The van der Waals surface area contributed by atoms with E-state index in [4.69, 9.17) is 10.9 Å². The second kappa shape index (κ2) is 7.32. The molecule has 0 aliphatic rings. The Morgan fingerprint density at radius 1 is 1.22 bits per heavy atom. The number of thioether (sulfide) groups is 1. The predicted octanol–water partition coefficient (Wildman–Crippen LogP) is 2.30. The largest absolute Gasteiger partial charge is 0.397 e. The number of primary sulfonamides is 1. The molecule has 0 bridgehead atoms. The molecule has 0 unspecified atom stereocenters. The highest BCUT2D eigenvalue weighted by Gasteiger charge is 2.06. The minimum Gasteiger partial charge on any atom is -0.397 e. The zero-order valence-electron chi connectivity index (χ0n) is 12.1. The number of aromatic nitrogens is 1. The van der Waals surface area contributed by atoms with E-state index in [1.165, 1.54) is 23.9 Å². The van der Waals surface area contributed by atoms with Gasteiger partial charge in [-0.3, -0.25) is 4.98 Å². The van der Waals surface area contributed by atoms with Gasteiger partial charge in [-0.05, 0) is 36.4 Å². The lowest BCUT2D eigenvalue weighted by Gasteiger charge is -2.08. The molecule has 6 nitrogen and oxygen atoms in total. The molecule has 0 saturated heterocycles. The molecule has 0 amide bonds. The highest BCUT2D eigenvalue weighted by atomic mass is 32.2. The molecule has 0 aliphatic carbocycles. The number of hydrogen-bond donors (Lipinski definition) is 3. The first kappa shape index (κ1) is 17.1. The first-order valence-electron chi connectivity index (χ1n) is 6.49. The van der Waals surface area contributed by atoms with Crippen LogP contribution in [0.4, 0.5) is 5.69 Å². The second-order valence-corrected chi connectivity index (χ2v) is 7.05. The van der Waals surface area contributed by atoms with Gasteiger partial charge in [0.1, 0.15) is 0 Å². The molecule has 0 aliphatic heterocycles. The summed E-state index contributed by atoms with van der Waals surface area (Å²) in [5.74, 6) is 0. The quantitative estimate of drug-likeness (QED) is 0.738. The SMILES string of the molecule is C=C(Nc1ccc(S(N)(=O)=O)cc1)S/C=C(\N)c1ccccn1. The summed E-state index contributed by atoms with van der Waals surface area (Å²) in [6.07, 6.45) is 1.67. The molecule has 5 N–H and O–H groups in total. The third-order valence-electron chi connectivity index (χ3n) is 2.76. The molecular weight excluding hydrogens is 332 g/mol. The van der Waals surface area contributed by atoms with Crippen molar-refractivity contribution in [2.75, 3.05) is 5.32 Å². The summed E-state index contributed by atoms with van der Waals surface area (Å²) >= 11 is 1.31. The molecule has 0 fully saturated rings. The maximum atomic E-state index is 11.2. The van der Waals surface area contributed by atoms with Gasteiger partial charge in [-0.1, -0.05) is 24.4 Å². The van der Waals surface area contributed by atoms with Gasteiger partial charge >= 0.3 is 0 Å². The lowest BCUT2D eigenvalue weighted by molar-refractivity contribution is 0.598. The van der Waals surface area contributed by atoms with Crippen LogP contribution in [0.15, 0.2) is 70.6 Å². The predicted molar refractivity (Wildman–Crippen MR) is 94.6 cm³/mol. The van der Waals surface area contributed by atoms with Gasteiger partial charge in [-0.2, -0.15) is 0 Å². The van der Waals surface area contributed by atoms with Gasteiger partial charge in [0, 0.05) is 17.3 Å². The summed E-state index contributed by atoms with van der Waals surface area (Å²) in [4.78, 5) is 4.20. The molecular formula is C15H16N4O2S2. The average Bonchev–Trinajstić information content (AvgIpc) is 2.53. The van der Waals surface area contributed by atoms with E-state index in [9.17, 15) is 8.42 Å². The van der Waals surface area contributed by atoms with Crippen molar-refractivity contribution < 1.29 is 8.42 Å². The van der Waals surface area contributed by atoms with Gasteiger partial charge in [0.25, 0.3) is 0 Å². The molecule has 2 rings (SSSR count). The van der Waals surface area contributed by atoms with Crippen molar-refractivity contribution in [3.63, 3.8) is 0 Å². The topological polar surface area (TPSA) is 111 Å². The molecule has 1 aromatic heterocycles. The van der Waals surface area contributed by atoms with Gasteiger partial charge < -0.3 is 11.1 Å². The van der Waals surface area contributed by atoms with Crippen LogP contribution in [0.3, 0.4) is 0 Å². The van der Waals surface area contributed by atoms with Crippen molar-refractivity contribution >= 4 is 33.2 Å². The first-order valence-corrected chi connectivity index (χ1v) is 8.91. The Bertz CT molecular complexity index is 816. The van der Waals surface area contributed by atoms with E-state index in [0.717, 1.165) is 0 Å². The summed E-state index contributed by atoms with van der Waals surface area (Å²) in [5.41, 5.74) is 7.84. The second-order valence-electron chi connectivity index (χ2n) is 4.52. The Morgan fingerprint density at radius 3 is 2.48 bits per heavy atom. The smallest absolute Gasteiger partial charge is 0.238 e. The normalized spacial score (nSPS) is 12.0. The lowest BCUT2D eigenvalue weighted by atomic mass is 10.3. The monoisotopic (exact) mass is 348 g/mol. The van der Waals surface area contributed by atoms with Crippen molar-refractivity contribution in [3.05, 3.63) is 71.4 Å². The zero-order valence-corrected chi connectivity index (χ0v) is 13.8. The fourth-order valence-electron chi connectivity index (χ4n) is 1.65. The third-order valence-corrected chi connectivity index (χ3v) is 4.44. The van der Waals surface area contributed by atoms with Crippen LogP contribution >= 0.6 is 11.8 Å². The fourth-order valence-corrected chi connectivity index (χ4v) is 2.73. The van der Waals surface area contributed by atoms with Crippen LogP contribution in [-0.4, -0.2) is 13.4 Å². The van der Waals surface area contributed by atoms with Crippen molar-refractivity contribution in [1.29, 1.82) is 0 Å². The van der Waals surface area contributed by atoms with E-state index in [0.29, 0.717) is 22.1 Å². The van der Waals surface area contributed by atoms with E-state index in [2.05, 4.69) is 16.9 Å². The van der Waals surface area contributed by atoms with Crippen molar-refractivity contribution in [1.82, 2.24) is 4.98 Å². The number of anilines is 1. The molecule has 2 aromatic rings. The Labute approximate surface area is 139 Å². The number of sulfonamides is 1. The van der Waals surface area contributed by atoms with E-state index in [1.54, 1.807) is 23.7 Å². The molecule has 0 radical (unpaired) electrons. The molecule has 8 heteroatoms. The van der Waals surface area contributed by atoms with Gasteiger partial charge in [0.2, 0.25) is 10.0 Å². The van der Waals surface area contributed by atoms with E-state index in [-0.39, 0.29) is 4.90 Å². The maximum Gasteiger partial charge on any atom is 0.238 e. The van der Waals surface area contributed by atoms with Gasteiger partial charge in [0.05, 0.1) is 21.3 Å². The van der Waals surface area contributed by atoms with Gasteiger partial charge in [-0.25, -0.2) is 13.6 Å². The zero-order chi connectivity index (χ0) is 16.9. The maximum absolute atomic E-state index is 11.2. The van der Waals surface area contributed by atoms with Crippen LogP contribution in [0.1, 0.15) is 5.69 Å². The first-order chi connectivity index (χ1) is 10.9. The summed E-state index contributed by atoms with van der Waals surface area (Å²) in [5, 5.41) is 10.5. The molecule has 0 spiro atoms. The highest BCUT2D eigenvalue weighted by Crippen LogP contribution is 2.22. The fraction of sp³-hybridized carbons (Fsp3) is 0. The number of nitrogens with two attached hydrogens (primary N) is 2. The minimum atomic E-state index is -3.69. The Hall–Kier alpha value is -2.29. The van der Waals surface area contributed by atoms with E-state index < -0.39 is 10.0 Å². The highest BCUT2D eigenvalue weighted by molar-refractivity contribution is 8.06. The van der Waals surface area contributed by atoms with Crippen LogP contribution in [0, 0.1) is 0 Å². The van der Waals surface area contributed by atoms with Crippen LogP contribution in [0.5, 0.6) is 0 Å². The standard InChI is InChI=1S/C15H16N4O2S2/c1-11(22-10-14(16)15-4-2-3-9-18-15)19-12-5-7-13(8-6-12)23(17,20)21/h2-10,19H,1,16H2,(H2,17,20,21)/b14-10-. The third kappa shape index (κ3) is 5.13. The molecule has 23 heavy (non-hydrogen) atoms. The van der Waals surface area contributed by atoms with Gasteiger partial charge in [0.15, 0.2) is 0 Å². The molecule has 0 atom stereocenters. The number of benzene rings is 1. The number of pyridine rings is 1. The molecule has 0 saturated carbocycles. The van der Waals surface area contributed by atoms with Crippen LogP contribution in [-0.2, 0) is 10.0 Å². The van der Waals surface area contributed by atoms with E-state index in [1.807, 2.05) is 18.2 Å².